The van der Waals surface area contributed by atoms with Crippen LogP contribution in [0.2, 0.25) is 13.1 Å². The molecule has 0 aliphatic heterocycles. The molecule has 2 aliphatic carbocycles. The molecule has 0 radical (unpaired) electrons. The van der Waals surface area contributed by atoms with E-state index in [1.807, 2.05) is 0 Å². The number of benzene rings is 6. The van der Waals surface area contributed by atoms with E-state index in [-0.39, 0.29) is 11.8 Å². The molecule has 2 aliphatic rings. The van der Waals surface area contributed by atoms with Crippen LogP contribution in [-0.4, -0.2) is 8.07 Å². The first-order valence-electron chi connectivity index (χ1n) is 17.4. The Morgan fingerprint density at radius 1 is 0.327 bits per heavy atom. The van der Waals surface area contributed by atoms with E-state index >= 15 is 0 Å². The topological polar surface area (TPSA) is 0 Å². The molecule has 0 fully saturated rings. The number of allylic oxidation sites excluding steroid dienone is 8. The Hall–Kier alpha value is -5.50. The Morgan fingerprint density at radius 3 is 0.898 bits per heavy atom. The summed E-state index contributed by atoms with van der Waals surface area (Å²) in [4.78, 5) is 0. The molecule has 0 N–H and O–H groups in total. The zero-order valence-electron chi connectivity index (χ0n) is 28.1. The highest BCUT2D eigenvalue weighted by atomic mass is 28.3. The van der Waals surface area contributed by atoms with Crippen LogP contribution >= 0.6 is 0 Å². The molecule has 8 rings (SSSR count). The van der Waals surface area contributed by atoms with E-state index in [0.29, 0.717) is 0 Å². The van der Waals surface area contributed by atoms with Crippen LogP contribution in [0.15, 0.2) is 205 Å². The third kappa shape index (κ3) is 5.71. The van der Waals surface area contributed by atoms with Crippen molar-refractivity contribution in [2.75, 3.05) is 0 Å². The summed E-state index contributed by atoms with van der Waals surface area (Å²) in [5.74, 6) is 0.324. The highest BCUT2D eigenvalue weighted by molar-refractivity contribution is 6.93. The molecule has 49 heavy (non-hydrogen) atoms. The predicted molar refractivity (Wildman–Crippen MR) is 211 cm³/mol. The minimum atomic E-state index is -2.51. The summed E-state index contributed by atoms with van der Waals surface area (Å²) in [7, 11) is -2.51. The van der Waals surface area contributed by atoms with Gasteiger partial charge in [0.2, 0.25) is 0 Å². The summed E-state index contributed by atoms with van der Waals surface area (Å²) in [6.07, 6.45) is 5.13. The summed E-state index contributed by atoms with van der Waals surface area (Å²) in [5, 5.41) is 3.16. The van der Waals surface area contributed by atoms with Crippen molar-refractivity contribution in [1.29, 1.82) is 0 Å². The zero-order chi connectivity index (χ0) is 33.2. The van der Waals surface area contributed by atoms with Crippen LogP contribution in [0.4, 0.5) is 0 Å². The van der Waals surface area contributed by atoms with Crippen molar-refractivity contribution in [3.63, 3.8) is 0 Å². The Labute approximate surface area is 292 Å². The van der Waals surface area contributed by atoms with Gasteiger partial charge in [0.25, 0.3) is 0 Å². The number of hydrogen-bond acceptors (Lipinski definition) is 0. The molecule has 0 amide bonds. The molecule has 0 heterocycles. The van der Waals surface area contributed by atoms with Crippen LogP contribution < -0.4 is 0 Å². The van der Waals surface area contributed by atoms with E-state index < -0.39 is 8.07 Å². The molecule has 6 aromatic rings. The van der Waals surface area contributed by atoms with Gasteiger partial charge in [0.05, 0.1) is 0 Å². The van der Waals surface area contributed by atoms with Crippen molar-refractivity contribution in [3.8, 4) is 0 Å². The van der Waals surface area contributed by atoms with Crippen LogP contribution in [0, 0.1) is 0 Å². The molecule has 236 valence electrons. The van der Waals surface area contributed by atoms with Gasteiger partial charge in [-0.2, -0.15) is 0 Å². The Morgan fingerprint density at radius 2 is 0.592 bits per heavy atom. The van der Waals surface area contributed by atoms with Crippen molar-refractivity contribution < 1.29 is 0 Å². The average Bonchev–Trinajstić information content (AvgIpc) is 3.79. The van der Waals surface area contributed by atoms with Gasteiger partial charge in [-0.3, -0.25) is 0 Å². The van der Waals surface area contributed by atoms with Crippen molar-refractivity contribution in [3.05, 3.63) is 238 Å². The SMILES string of the molecule is C[Si](C)(C1=C(c2ccccc2)C(c2ccccc2)=CC1c1ccccc1)C1=C(c2ccccc2)C(c2ccccc2)=CC1c1ccccc1. The lowest BCUT2D eigenvalue weighted by Crippen LogP contribution is -2.37. The highest BCUT2D eigenvalue weighted by Gasteiger charge is 2.46. The Balaban J connectivity index is 1.47. The molecule has 6 aromatic carbocycles. The summed E-state index contributed by atoms with van der Waals surface area (Å²) in [5.41, 5.74) is 13.3. The largest absolute Gasteiger partial charge is 0.107 e. The summed E-state index contributed by atoms with van der Waals surface area (Å²) >= 11 is 0. The van der Waals surface area contributed by atoms with Crippen molar-refractivity contribution in [2.45, 2.75) is 24.9 Å². The van der Waals surface area contributed by atoms with Crippen molar-refractivity contribution in [1.82, 2.24) is 0 Å². The highest BCUT2D eigenvalue weighted by Crippen LogP contribution is 2.57. The molecule has 2 unspecified atom stereocenters. The van der Waals surface area contributed by atoms with Crippen LogP contribution in [0.25, 0.3) is 22.3 Å². The molecule has 0 saturated heterocycles. The minimum Gasteiger partial charge on any atom is -0.0648 e. The van der Waals surface area contributed by atoms with Gasteiger partial charge in [0.1, 0.15) is 8.07 Å². The lowest BCUT2D eigenvalue weighted by atomic mass is 9.95. The Kier molecular flexibility index (Phi) is 8.29. The molecule has 0 saturated carbocycles. The standard InChI is InChI=1S/C48H40Si/c1-49(2,47-43(37-25-13-5-14-26-37)33-41(35-21-9-3-10-22-35)45(47)39-29-17-7-18-30-39)48-44(38-27-15-6-16-28-38)34-42(36-23-11-4-12-24-36)46(48)40-31-19-8-20-32-40/h3-34,43-44H,1-2H3. The van der Waals surface area contributed by atoms with E-state index in [9.17, 15) is 0 Å². The van der Waals surface area contributed by atoms with Crippen LogP contribution in [0.1, 0.15) is 45.2 Å². The van der Waals surface area contributed by atoms with Gasteiger partial charge in [-0.25, -0.2) is 0 Å². The third-order valence-corrected chi connectivity index (χ3v) is 14.1. The summed E-state index contributed by atoms with van der Waals surface area (Å²) in [6.45, 7) is 5.25. The maximum atomic E-state index is 2.62. The second-order valence-electron chi connectivity index (χ2n) is 13.6. The Bertz CT molecular complexity index is 2030. The van der Waals surface area contributed by atoms with Crippen molar-refractivity contribution in [2.24, 2.45) is 0 Å². The van der Waals surface area contributed by atoms with Gasteiger partial charge >= 0.3 is 0 Å². The van der Waals surface area contributed by atoms with Crippen LogP contribution in [-0.2, 0) is 0 Å². The second kappa shape index (κ2) is 13.2. The van der Waals surface area contributed by atoms with Gasteiger partial charge in [-0.05, 0) is 55.7 Å². The molecule has 2 atom stereocenters. The first-order chi connectivity index (χ1) is 24.1. The predicted octanol–water partition coefficient (Wildman–Crippen LogP) is 12.4. The summed E-state index contributed by atoms with van der Waals surface area (Å²) in [6, 6.07) is 66.7. The first-order valence-corrected chi connectivity index (χ1v) is 20.4. The molecular weight excluding hydrogens is 605 g/mol. The molecule has 1 heteroatoms. The first kappa shape index (κ1) is 30.8. The average molecular weight is 645 g/mol. The molecule has 0 bridgehead atoms. The van der Waals surface area contributed by atoms with Gasteiger partial charge in [-0.15, -0.1) is 0 Å². The fraction of sp³-hybridized carbons (Fsp3) is 0.0833. The molecular formula is C48H40Si. The van der Waals surface area contributed by atoms with Crippen LogP contribution in [0.5, 0.6) is 0 Å². The molecule has 0 spiro atoms. The molecule has 0 aromatic heterocycles. The number of rotatable bonds is 8. The van der Waals surface area contributed by atoms with Gasteiger partial charge in [0.15, 0.2) is 0 Å². The summed E-state index contributed by atoms with van der Waals surface area (Å²) < 4.78 is 0. The van der Waals surface area contributed by atoms with E-state index in [4.69, 9.17) is 0 Å². The smallest absolute Gasteiger partial charge is 0.0648 e. The lowest BCUT2D eigenvalue weighted by molar-refractivity contribution is 1.03. The van der Waals surface area contributed by atoms with Crippen molar-refractivity contribution >= 4 is 30.4 Å². The van der Waals surface area contributed by atoms with Gasteiger partial charge < -0.3 is 0 Å². The minimum absolute atomic E-state index is 0.162. The maximum absolute atomic E-state index is 2.62. The fourth-order valence-corrected chi connectivity index (χ4v) is 12.4. The maximum Gasteiger partial charge on any atom is 0.107 e. The van der Waals surface area contributed by atoms with E-state index in [1.165, 1.54) is 55.7 Å². The zero-order valence-corrected chi connectivity index (χ0v) is 29.1. The van der Waals surface area contributed by atoms with E-state index in [0.717, 1.165) is 0 Å². The molecule has 0 nitrogen and oxygen atoms in total. The monoisotopic (exact) mass is 644 g/mol. The van der Waals surface area contributed by atoms with E-state index in [1.54, 1.807) is 10.4 Å². The normalized spacial score (nSPS) is 17.7. The van der Waals surface area contributed by atoms with Crippen LogP contribution in [0.3, 0.4) is 0 Å². The third-order valence-electron chi connectivity index (χ3n) is 10.3. The second-order valence-corrected chi connectivity index (χ2v) is 17.9. The van der Waals surface area contributed by atoms with Gasteiger partial charge in [0, 0.05) is 11.8 Å². The number of hydrogen-bond donors (Lipinski definition) is 0. The van der Waals surface area contributed by atoms with Gasteiger partial charge in [-0.1, -0.05) is 218 Å². The lowest BCUT2D eigenvalue weighted by Gasteiger charge is -2.37. The fourth-order valence-electron chi connectivity index (χ4n) is 8.21. The quantitative estimate of drug-likeness (QED) is 0.145. The van der Waals surface area contributed by atoms with E-state index in [2.05, 4.69) is 207 Å².